The summed E-state index contributed by atoms with van der Waals surface area (Å²) in [5.74, 6) is 0. The van der Waals surface area contributed by atoms with E-state index in [1.165, 1.54) is 10.9 Å². The zero-order valence-electron chi connectivity index (χ0n) is 9.59. The molecule has 0 unspecified atom stereocenters. The number of rotatable bonds is 5. The van der Waals surface area contributed by atoms with Crippen molar-refractivity contribution in [1.82, 2.24) is 24.2 Å². The molecule has 0 aliphatic heterocycles. The fourth-order valence-corrected chi connectivity index (χ4v) is 2.84. The van der Waals surface area contributed by atoms with E-state index in [9.17, 15) is 8.42 Å². The molecule has 0 aliphatic rings. The Morgan fingerprint density at radius 2 is 2.33 bits per heavy atom. The molecule has 0 bridgehead atoms. The lowest BCUT2D eigenvalue weighted by molar-refractivity contribution is 0.578. The molecule has 98 valence electrons. The average molecular weight is 290 g/mol. The number of hydrogen-bond donors (Lipinski definition) is 2. The van der Waals surface area contributed by atoms with Gasteiger partial charge in [-0.1, -0.05) is 11.6 Å². The number of imidazole rings is 2. The maximum Gasteiger partial charge on any atom is 0.261 e. The normalized spacial score (nSPS) is 11.9. The fourth-order valence-electron chi connectivity index (χ4n) is 1.38. The topological polar surface area (TPSA) is 92.7 Å². The Kier molecular flexibility index (Phi) is 3.69. The average Bonchev–Trinajstić information content (AvgIpc) is 2.91. The molecule has 2 aromatic rings. The van der Waals surface area contributed by atoms with E-state index in [0.29, 0.717) is 6.42 Å². The van der Waals surface area contributed by atoms with Crippen molar-refractivity contribution in [2.45, 2.75) is 11.4 Å². The van der Waals surface area contributed by atoms with Crippen molar-refractivity contribution in [2.24, 2.45) is 7.05 Å². The predicted molar refractivity (Wildman–Crippen MR) is 65.7 cm³/mol. The molecule has 18 heavy (non-hydrogen) atoms. The minimum Gasteiger partial charge on any atom is -0.348 e. The Hall–Kier alpha value is -1.38. The molecule has 0 saturated carbocycles. The van der Waals surface area contributed by atoms with Crippen LogP contribution in [0.15, 0.2) is 23.9 Å². The summed E-state index contributed by atoms with van der Waals surface area (Å²) < 4.78 is 27.7. The van der Waals surface area contributed by atoms with Gasteiger partial charge < -0.3 is 9.55 Å². The third kappa shape index (κ3) is 2.71. The number of nitrogens with zero attached hydrogens (tertiary/aromatic N) is 3. The Morgan fingerprint density at radius 3 is 2.89 bits per heavy atom. The van der Waals surface area contributed by atoms with Crippen LogP contribution in [0.2, 0.25) is 5.15 Å². The van der Waals surface area contributed by atoms with Gasteiger partial charge >= 0.3 is 0 Å². The number of aryl methyl sites for hydroxylation is 1. The van der Waals surface area contributed by atoms with E-state index in [-0.39, 0.29) is 16.7 Å². The highest BCUT2D eigenvalue weighted by Crippen LogP contribution is 2.17. The molecule has 0 spiro atoms. The fraction of sp³-hybridized carbons (Fsp3) is 0.333. The highest BCUT2D eigenvalue weighted by atomic mass is 35.5. The Morgan fingerprint density at radius 1 is 1.56 bits per heavy atom. The van der Waals surface area contributed by atoms with Crippen molar-refractivity contribution in [3.8, 4) is 0 Å². The van der Waals surface area contributed by atoms with E-state index in [1.807, 2.05) is 0 Å². The lowest BCUT2D eigenvalue weighted by Crippen LogP contribution is -2.26. The van der Waals surface area contributed by atoms with Crippen LogP contribution in [-0.2, 0) is 23.5 Å². The number of aromatic nitrogens is 4. The number of hydrogen-bond acceptors (Lipinski definition) is 4. The summed E-state index contributed by atoms with van der Waals surface area (Å²) in [5, 5.41) is -0.0692. The maximum atomic E-state index is 11.9. The molecule has 2 N–H and O–H groups in total. The van der Waals surface area contributed by atoms with Gasteiger partial charge in [-0.05, 0) is 0 Å². The van der Waals surface area contributed by atoms with E-state index in [2.05, 4.69) is 19.7 Å². The standard InChI is InChI=1S/C9H12ClN5O2S/c1-15-6-13-9(8(15)10)18(16,17)14-3-2-7-4-11-5-12-7/h4-6,14H,2-3H2,1H3,(H,11,12). The van der Waals surface area contributed by atoms with Crippen LogP contribution in [0.1, 0.15) is 5.69 Å². The second kappa shape index (κ2) is 5.09. The summed E-state index contributed by atoms with van der Waals surface area (Å²) in [5.41, 5.74) is 0.852. The van der Waals surface area contributed by atoms with Gasteiger partial charge in [0.1, 0.15) is 5.15 Å². The van der Waals surface area contributed by atoms with Crippen molar-refractivity contribution in [3.63, 3.8) is 0 Å². The van der Waals surface area contributed by atoms with E-state index in [4.69, 9.17) is 11.6 Å². The molecule has 2 rings (SSSR count). The van der Waals surface area contributed by atoms with Crippen LogP contribution in [0.5, 0.6) is 0 Å². The van der Waals surface area contributed by atoms with Gasteiger partial charge in [0, 0.05) is 31.9 Å². The smallest absolute Gasteiger partial charge is 0.261 e. The first-order chi connectivity index (χ1) is 8.50. The summed E-state index contributed by atoms with van der Waals surface area (Å²) >= 11 is 5.84. The van der Waals surface area contributed by atoms with Crippen molar-refractivity contribution in [2.75, 3.05) is 6.54 Å². The monoisotopic (exact) mass is 289 g/mol. The minimum absolute atomic E-state index is 0.0871. The minimum atomic E-state index is -3.67. The SMILES string of the molecule is Cn1cnc(S(=O)(=O)NCCc2cnc[nH]2)c1Cl. The molecule has 0 radical (unpaired) electrons. The molecule has 0 amide bonds. The number of sulfonamides is 1. The molecule has 0 atom stereocenters. The Bertz CT molecular complexity index is 619. The number of halogens is 1. The van der Waals surface area contributed by atoms with Gasteiger partial charge in [0.15, 0.2) is 0 Å². The van der Waals surface area contributed by atoms with Crippen LogP contribution in [0.4, 0.5) is 0 Å². The number of aromatic amines is 1. The van der Waals surface area contributed by atoms with Crippen molar-refractivity contribution < 1.29 is 8.42 Å². The van der Waals surface area contributed by atoms with Crippen LogP contribution in [0.3, 0.4) is 0 Å². The summed E-state index contributed by atoms with van der Waals surface area (Å²) in [6, 6.07) is 0. The molecule has 0 fully saturated rings. The van der Waals surface area contributed by atoms with Gasteiger partial charge in [0.05, 0.1) is 12.7 Å². The lowest BCUT2D eigenvalue weighted by atomic mass is 10.3. The molecule has 9 heteroatoms. The van der Waals surface area contributed by atoms with E-state index in [0.717, 1.165) is 5.69 Å². The van der Waals surface area contributed by atoms with Gasteiger partial charge in [-0.15, -0.1) is 0 Å². The van der Waals surface area contributed by atoms with E-state index < -0.39 is 10.0 Å². The van der Waals surface area contributed by atoms with Crippen LogP contribution in [-0.4, -0.2) is 34.5 Å². The molecule has 2 heterocycles. The van der Waals surface area contributed by atoms with Gasteiger partial charge in [0.25, 0.3) is 10.0 Å². The summed E-state index contributed by atoms with van der Waals surface area (Å²) in [6.07, 6.45) is 5.05. The first-order valence-corrected chi connectivity index (χ1v) is 7.00. The summed E-state index contributed by atoms with van der Waals surface area (Å²) in [4.78, 5) is 10.5. The van der Waals surface area contributed by atoms with Crippen molar-refractivity contribution in [3.05, 3.63) is 29.7 Å². The largest absolute Gasteiger partial charge is 0.348 e. The molecule has 2 aromatic heterocycles. The van der Waals surface area contributed by atoms with Crippen LogP contribution >= 0.6 is 11.6 Å². The van der Waals surface area contributed by atoms with Gasteiger partial charge in [-0.25, -0.2) is 23.1 Å². The second-order valence-electron chi connectivity index (χ2n) is 3.68. The first-order valence-electron chi connectivity index (χ1n) is 5.14. The third-order valence-corrected chi connectivity index (χ3v) is 4.28. The summed E-state index contributed by atoms with van der Waals surface area (Å²) in [7, 11) is -2.05. The van der Waals surface area contributed by atoms with Gasteiger partial charge in [0.2, 0.25) is 5.03 Å². The van der Waals surface area contributed by atoms with Gasteiger partial charge in [-0.2, -0.15) is 0 Å². The second-order valence-corrected chi connectivity index (χ2v) is 5.72. The molecule has 0 saturated heterocycles. The Labute approximate surface area is 109 Å². The molecular weight excluding hydrogens is 278 g/mol. The van der Waals surface area contributed by atoms with Crippen LogP contribution in [0, 0.1) is 0 Å². The first kappa shape index (κ1) is 13.1. The van der Waals surface area contributed by atoms with E-state index >= 15 is 0 Å². The third-order valence-electron chi connectivity index (χ3n) is 2.33. The highest BCUT2D eigenvalue weighted by Gasteiger charge is 2.21. The highest BCUT2D eigenvalue weighted by molar-refractivity contribution is 7.89. The maximum absolute atomic E-state index is 11.9. The summed E-state index contributed by atoms with van der Waals surface area (Å²) in [6.45, 7) is 0.247. The number of nitrogens with one attached hydrogen (secondary N) is 2. The lowest BCUT2D eigenvalue weighted by Gasteiger charge is -2.04. The number of H-pyrrole nitrogens is 1. The van der Waals surface area contributed by atoms with Gasteiger partial charge in [-0.3, -0.25) is 0 Å². The van der Waals surface area contributed by atoms with Crippen molar-refractivity contribution in [1.29, 1.82) is 0 Å². The van der Waals surface area contributed by atoms with E-state index in [1.54, 1.807) is 19.6 Å². The zero-order chi connectivity index (χ0) is 13.2. The molecule has 7 nitrogen and oxygen atoms in total. The van der Waals surface area contributed by atoms with Crippen LogP contribution < -0.4 is 4.72 Å². The van der Waals surface area contributed by atoms with Crippen LogP contribution in [0.25, 0.3) is 0 Å². The molecule has 0 aliphatic carbocycles. The quantitative estimate of drug-likeness (QED) is 0.829. The molecule has 0 aromatic carbocycles. The Balaban J connectivity index is 2.02. The zero-order valence-corrected chi connectivity index (χ0v) is 11.2. The van der Waals surface area contributed by atoms with Crippen molar-refractivity contribution >= 4 is 21.6 Å². The predicted octanol–water partition coefficient (Wildman–Crippen LogP) is 0.318. The molecular formula is C9H12ClN5O2S.